The van der Waals surface area contributed by atoms with Crippen LogP contribution >= 0.6 is 0 Å². The Hall–Kier alpha value is -1.36. The van der Waals surface area contributed by atoms with E-state index in [0.717, 1.165) is 24.8 Å². The lowest BCUT2D eigenvalue weighted by molar-refractivity contribution is 0.286. The highest BCUT2D eigenvalue weighted by molar-refractivity contribution is 5.44. The van der Waals surface area contributed by atoms with Gasteiger partial charge in [-0.05, 0) is 25.7 Å². The molecule has 0 bridgehead atoms. The van der Waals surface area contributed by atoms with Gasteiger partial charge in [0.1, 0.15) is 0 Å². The smallest absolute Gasteiger partial charge is 0.234 e. The first-order valence-electron chi connectivity index (χ1n) is 6.20. The molecule has 3 rings (SSSR count). The van der Waals surface area contributed by atoms with Crippen molar-refractivity contribution in [2.75, 3.05) is 24.6 Å². The molecule has 0 atom stereocenters. The van der Waals surface area contributed by atoms with E-state index in [1.165, 1.54) is 12.8 Å². The molecule has 17 heavy (non-hydrogen) atoms. The van der Waals surface area contributed by atoms with Crippen molar-refractivity contribution < 1.29 is 4.74 Å². The van der Waals surface area contributed by atoms with Crippen LogP contribution in [0.25, 0.3) is 0 Å². The third-order valence-corrected chi connectivity index (χ3v) is 3.58. The fourth-order valence-electron chi connectivity index (χ4n) is 2.45. The molecule has 2 fully saturated rings. The molecule has 1 aliphatic carbocycles. The summed E-state index contributed by atoms with van der Waals surface area (Å²) in [7, 11) is 0. The SMILES string of the molecule is CCOc1cncc(N2CC(N)(C3CC3)C2)n1. The lowest BCUT2D eigenvalue weighted by Gasteiger charge is -2.48. The number of ether oxygens (including phenoxy) is 1. The minimum Gasteiger partial charge on any atom is -0.477 e. The van der Waals surface area contributed by atoms with Crippen molar-refractivity contribution in [1.29, 1.82) is 0 Å². The van der Waals surface area contributed by atoms with Crippen LogP contribution in [0.3, 0.4) is 0 Å². The highest BCUT2D eigenvalue weighted by Crippen LogP contribution is 2.43. The van der Waals surface area contributed by atoms with Crippen molar-refractivity contribution >= 4 is 5.82 Å². The first-order chi connectivity index (χ1) is 8.21. The summed E-state index contributed by atoms with van der Waals surface area (Å²) in [5, 5.41) is 0. The molecule has 0 unspecified atom stereocenters. The van der Waals surface area contributed by atoms with Gasteiger partial charge >= 0.3 is 0 Å². The van der Waals surface area contributed by atoms with Gasteiger partial charge in [-0.15, -0.1) is 0 Å². The van der Waals surface area contributed by atoms with Crippen LogP contribution in [-0.4, -0.2) is 35.2 Å². The molecule has 0 amide bonds. The Morgan fingerprint density at radius 2 is 2.24 bits per heavy atom. The summed E-state index contributed by atoms with van der Waals surface area (Å²) in [5.41, 5.74) is 6.33. The molecular weight excluding hydrogens is 216 g/mol. The quantitative estimate of drug-likeness (QED) is 0.835. The van der Waals surface area contributed by atoms with E-state index >= 15 is 0 Å². The Morgan fingerprint density at radius 3 is 2.88 bits per heavy atom. The second kappa shape index (κ2) is 3.84. The maximum Gasteiger partial charge on any atom is 0.234 e. The summed E-state index contributed by atoms with van der Waals surface area (Å²) in [6, 6.07) is 0. The van der Waals surface area contributed by atoms with Crippen molar-refractivity contribution in [3.8, 4) is 5.88 Å². The maximum atomic E-state index is 6.31. The van der Waals surface area contributed by atoms with Crippen LogP contribution in [0.1, 0.15) is 19.8 Å². The molecule has 2 aliphatic rings. The van der Waals surface area contributed by atoms with Gasteiger partial charge in [0.05, 0.1) is 24.5 Å². The molecule has 2 N–H and O–H groups in total. The minimum absolute atomic E-state index is 0.0172. The number of aromatic nitrogens is 2. The van der Waals surface area contributed by atoms with Gasteiger partial charge in [0.25, 0.3) is 0 Å². The third kappa shape index (κ3) is 1.95. The first kappa shape index (κ1) is 10.8. The Bertz CT molecular complexity index is 413. The van der Waals surface area contributed by atoms with E-state index in [0.29, 0.717) is 12.5 Å². The van der Waals surface area contributed by atoms with E-state index in [-0.39, 0.29) is 5.54 Å². The third-order valence-electron chi connectivity index (χ3n) is 3.58. The summed E-state index contributed by atoms with van der Waals surface area (Å²) in [6.07, 6.45) is 5.99. The molecule has 0 aromatic carbocycles. The largest absolute Gasteiger partial charge is 0.477 e. The lowest BCUT2D eigenvalue weighted by Crippen LogP contribution is -2.69. The average Bonchev–Trinajstić information content (AvgIpc) is 3.10. The van der Waals surface area contributed by atoms with Crippen molar-refractivity contribution in [1.82, 2.24) is 9.97 Å². The van der Waals surface area contributed by atoms with Gasteiger partial charge in [-0.1, -0.05) is 0 Å². The van der Waals surface area contributed by atoms with E-state index in [4.69, 9.17) is 10.5 Å². The number of rotatable bonds is 4. The number of nitrogens with zero attached hydrogens (tertiary/aromatic N) is 3. The predicted molar refractivity (Wildman–Crippen MR) is 65.1 cm³/mol. The summed E-state index contributed by atoms with van der Waals surface area (Å²) in [5.74, 6) is 2.19. The maximum absolute atomic E-state index is 6.31. The number of hydrogen-bond donors (Lipinski definition) is 1. The Labute approximate surface area is 101 Å². The highest BCUT2D eigenvalue weighted by Gasteiger charge is 2.50. The molecule has 1 aliphatic heterocycles. The molecule has 2 heterocycles. The Kier molecular flexibility index (Phi) is 2.43. The van der Waals surface area contributed by atoms with Gasteiger partial charge in [-0.2, -0.15) is 4.98 Å². The first-order valence-corrected chi connectivity index (χ1v) is 6.20. The monoisotopic (exact) mass is 234 g/mol. The Balaban J connectivity index is 1.67. The second-order valence-corrected chi connectivity index (χ2v) is 5.01. The normalized spacial score (nSPS) is 22.1. The topological polar surface area (TPSA) is 64.3 Å². The van der Waals surface area contributed by atoms with Gasteiger partial charge in [0.15, 0.2) is 5.82 Å². The fourth-order valence-corrected chi connectivity index (χ4v) is 2.45. The zero-order chi connectivity index (χ0) is 11.9. The fraction of sp³-hybridized carbons (Fsp3) is 0.667. The summed E-state index contributed by atoms with van der Waals surface area (Å²) >= 11 is 0. The molecule has 1 aromatic heterocycles. The highest BCUT2D eigenvalue weighted by atomic mass is 16.5. The van der Waals surface area contributed by atoms with E-state index in [1.54, 1.807) is 12.4 Å². The van der Waals surface area contributed by atoms with E-state index in [2.05, 4.69) is 14.9 Å². The Morgan fingerprint density at radius 1 is 1.47 bits per heavy atom. The molecule has 0 spiro atoms. The predicted octanol–water partition coefficient (Wildman–Crippen LogP) is 0.803. The molecular formula is C12H18N4O. The van der Waals surface area contributed by atoms with Gasteiger partial charge in [-0.25, -0.2) is 0 Å². The molecule has 1 saturated carbocycles. The van der Waals surface area contributed by atoms with Gasteiger partial charge < -0.3 is 15.4 Å². The van der Waals surface area contributed by atoms with Crippen LogP contribution in [0.4, 0.5) is 5.82 Å². The minimum atomic E-state index is 0.0172. The zero-order valence-electron chi connectivity index (χ0n) is 10.1. The van der Waals surface area contributed by atoms with Crippen LogP contribution in [0.5, 0.6) is 5.88 Å². The van der Waals surface area contributed by atoms with Crippen molar-refractivity contribution in [2.24, 2.45) is 11.7 Å². The number of anilines is 1. The molecule has 0 radical (unpaired) electrons. The molecule has 5 heteroatoms. The zero-order valence-corrected chi connectivity index (χ0v) is 10.1. The lowest BCUT2D eigenvalue weighted by atomic mass is 9.86. The van der Waals surface area contributed by atoms with Gasteiger partial charge in [-0.3, -0.25) is 4.98 Å². The number of nitrogens with two attached hydrogens (primary N) is 1. The van der Waals surface area contributed by atoms with E-state index < -0.39 is 0 Å². The van der Waals surface area contributed by atoms with E-state index in [1.807, 2.05) is 6.92 Å². The van der Waals surface area contributed by atoms with Crippen molar-refractivity contribution in [2.45, 2.75) is 25.3 Å². The van der Waals surface area contributed by atoms with Crippen LogP contribution in [-0.2, 0) is 0 Å². The second-order valence-electron chi connectivity index (χ2n) is 5.01. The molecule has 92 valence electrons. The van der Waals surface area contributed by atoms with Crippen LogP contribution in [0.15, 0.2) is 12.4 Å². The molecule has 1 saturated heterocycles. The average molecular weight is 234 g/mol. The van der Waals surface area contributed by atoms with Gasteiger partial charge in [0, 0.05) is 13.1 Å². The molecule has 1 aromatic rings. The van der Waals surface area contributed by atoms with Gasteiger partial charge in [0.2, 0.25) is 5.88 Å². The van der Waals surface area contributed by atoms with E-state index in [9.17, 15) is 0 Å². The summed E-state index contributed by atoms with van der Waals surface area (Å²) in [6.45, 7) is 4.33. The van der Waals surface area contributed by atoms with Crippen LogP contribution in [0, 0.1) is 5.92 Å². The number of hydrogen-bond acceptors (Lipinski definition) is 5. The van der Waals surface area contributed by atoms with Crippen molar-refractivity contribution in [3.63, 3.8) is 0 Å². The van der Waals surface area contributed by atoms with Crippen LogP contribution < -0.4 is 15.4 Å². The summed E-state index contributed by atoms with van der Waals surface area (Å²) < 4.78 is 5.35. The summed E-state index contributed by atoms with van der Waals surface area (Å²) in [4.78, 5) is 10.7. The molecule has 5 nitrogen and oxygen atoms in total. The standard InChI is InChI=1S/C12H18N4O/c1-2-17-11-6-14-5-10(15-11)16-7-12(13,8-16)9-3-4-9/h5-6,9H,2-4,7-8,13H2,1H3. The van der Waals surface area contributed by atoms with Crippen molar-refractivity contribution in [3.05, 3.63) is 12.4 Å². The van der Waals surface area contributed by atoms with Crippen LogP contribution in [0.2, 0.25) is 0 Å².